The zero-order chi connectivity index (χ0) is 7.68. The molecule has 1 aromatic carbocycles. The lowest BCUT2D eigenvalue weighted by molar-refractivity contribution is 0.641. The van der Waals surface area contributed by atoms with Gasteiger partial charge in [-0.3, -0.25) is 0 Å². The highest BCUT2D eigenvalue weighted by molar-refractivity contribution is 5.85. The quantitative estimate of drug-likeness (QED) is 0.650. The Morgan fingerprint density at radius 1 is 1.33 bits per heavy atom. The van der Waals surface area contributed by atoms with Crippen molar-refractivity contribution in [3.63, 3.8) is 0 Å². The molecule has 0 aromatic heterocycles. The fourth-order valence-corrected chi connectivity index (χ4v) is 1.72. The second-order valence-electron chi connectivity index (χ2n) is 3.14. The Labute approximate surface area is 79.6 Å². The number of nitrogens with one attached hydrogen (secondary N) is 1. The summed E-state index contributed by atoms with van der Waals surface area (Å²) in [5.74, 6) is 0. The lowest BCUT2D eigenvalue weighted by Crippen LogP contribution is -2.24. The van der Waals surface area contributed by atoms with Crippen LogP contribution in [0.1, 0.15) is 16.7 Å². The van der Waals surface area contributed by atoms with E-state index in [2.05, 4.69) is 30.4 Å². The van der Waals surface area contributed by atoms with Crippen LogP contribution in [0.4, 0.5) is 0 Å². The van der Waals surface area contributed by atoms with E-state index in [0.29, 0.717) is 0 Å². The molecule has 2 heteroatoms. The van der Waals surface area contributed by atoms with Gasteiger partial charge < -0.3 is 5.32 Å². The van der Waals surface area contributed by atoms with E-state index in [0.717, 1.165) is 13.1 Å². The van der Waals surface area contributed by atoms with Gasteiger partial charge in [-0.2, -0.15) is 0 Å². The third-order valence-electron chi connectivity index (χ3n) is 2.37. The van der Waals surface area contributed by atoms with Gasteiger partial charge in [-0.1, -0.05) is 18.2 Å². The van der Waals surface area contributed by atoms with Crippen LogP contribution < -0.4 is 5.32 Å². The van der Waals surface area contributed by atoms with Gasteiger partial charge in [0.2, 0.25) is 0 Å². The summed E-state index contributed by atoms with van der Waals surface area (Å²) in [5, 5.41) is 3.37. The minimum absolute atomic E-state index is 0. The van der Waals surface area contributed by atoms with Crippen molar-refractivity contribution in [2.45, 2.75) is 19.9 Å². The van der Waals surface area contributed by atoms with Crippen LogP contribution in [0, 0.1) is 6.92 Å². The first-order valence-corrected chi connectivity index (χ1v) is 4.16. The fourth-order valence-electron chi connectivity index (χ4n) is 1.72. The Kier molecular flexibility index (Phi) is 3.12. The predicted molar refractivity (Wildman–Crippen MR) is 53.8 cm³/mol. The van der Waals surface area contributed by atoms with Crippen LogP contribution in [0.25, 0.3) is 0 Å². The van der Waals surface area contributed by atoms with E-state index in [1.165, 1.54) is 17.5 Å². The number of hydrogen-bond acceptors (Lipinski definition) is 1. The van der Waals surface area contributed by atoms with E-state index in [1.807, 2.05) is 0 Å². The summed E-state index contributed by atoms with van der Waals surface area (Å²) < 4.78 is 0. The molecule has 1 aliphatic heterocycles. The monoisotopic (exact) mass is 183 g/mol. The molecule has 2 rings (SSSR count). The van der Waals surface area contributed by atoms with Crippen LogP contribution in [0.2, 0.25) is 0 Å². The van der Waals surface area contributed by atoms with Crippen molar-refractivity contribution >= 4 is 12.4 Å². The van der Waals surface area contributed by atoms with Gasteiger partial charge in [0.15, 0.2) is 0 Å². The van der Waals surface area contributed by atoms with Crippen molar-refractivity contribution < 1.29 is 0 Å². The topological polar surface area (TPSA) is 12.0 Å². The van der Waals surface area contributed by atoms with Crippen LogP contribution in [-0.4, -0.2) is 6.54 Å². The molecule has 0 unspecified atom stereocenters. The number of aryl methyl sites for hydroxylation is 1. The molecule has 1 heterocycles. The summed E-state index contributed by atoms with van der Waals surface area (Å²) in [6.45, 7) is 4.39. The number of hydrogen-bond donors (Lipinski definition) is 1. The Morgan fingerprint density at radius 3 is 2.92 bits per heavy atom. The standard InChI is InChI=1S/C10H13N.ClH/c1-8-3-2-4-9-7-11-6-5-10(8)9;/h2-4,11H,5-7H2,1H3;1H. The predicted octanol–water partition coefficient (Wildman–Crippen LogP) is 2.06. The van der Waals surface area contributed by atoms with E-state index in [1.54, 1.807) is 5.56 Å². The van der Waals surface area contributed by atoms with Crippen molar-refractivity contribution in [1.29, 1.82) is 0 Å². The van der Waals surface area contributed by atoms with Crippen molar-refractivity contribution in [2.75, 3.05) is 6.54 Å². The molecule has 66 valence electrons. The maximum Gasteiger partial charge on any atom is 0.0208 e. The lowest BCUT2D eigenvalue weighted by Gasteiger charge is -2.18. The highest BCUT2D eigenvalue weighted by Crippen LogP contribution is 2.16. The maximum absolute atomic E-state index is 3.37. The third-order valence-corrected chi connectivity index (χ3v) is 2.37. The maximum atomic E-state index is 3.37. The number of rotatable bonds is 0. The van der Waals surface area contributed by atoms with Gasteiger partial charge in [-0.05, 0) is 36.6 Å². The van der Waals surface area contributed by atoms with Crippen LogP contribution in [0.5, 0.6) is 0 Å². The molecule has 0 radical (unpaired) electrons. The molecule has 1 aliphatic rings. The molecule has 1 nitrogen and oxygen atoms in total. The normalized spacial score (nSPS) is 14.8. The van der Waals surface area contributed by atoms with Crippen LogP contribution in [-0.2, 0) is 13.0 Å². The SMILES string of the molecule is Cc1cccc2c1CCNC2.Cl. The summed E-state index contributed by atoms with van der Waals surface area (Å²) in [4.78, 5) is 0. The molecule has 0 fully saturated rings. The Bertz CT molecular complexity index is 271. The molecule has 12 heavy (non-hydrogen) atoms. The van der Waals surface area contributed by atoms with Gasteiger partial charge in [0, 0.05) is 6.54 Å². The van der Waals surface area contributed by atoms with Crippen molar-refractivity contribution in [2.24, 2.45) is 0 Å². The lowest BCUT2D eigenvalue weighted by atomic mass is 9.97. The van der Waals surface area contributed by atoms with Crippen LogP contribution >= 0.6 is 12.4 Å². The average Bonchev–Trinajstić information content (AvgIpc) is 2.06. The molecule has 0 aliphatic carbocycles. The van der Waals surface area contributed by atoms with Gasteiger partial charge >= 0.3 is 0 Å². The third kappa shape index (κ3) is 1.62. The first kappa shape index (κ1) is 9.56. The van der Waals surface area contributed by atoms with Crippen molar-refractivity contribution in [1.82, 2.24) is 5.32 Å². The minimum atomic E-state index is 0. The zero-order valence-corrected chi connectivity index (χ0v) is 8.08. The van der Waals surface area contributed by atoms with Gasteiger partial charge in [-0.15, -0.1) is 12.4 Å². The Morgan fingerprint density at radius 2 is 2.17 bits per heavy atom. The molecule has 1 N–H and O–H groups in total. The number of halogens is 1. The largest absolute Gasteiger partial charge is 0.312 e. The van der Waals surface area contributed by atoms with Gasteiger partial charge in [0.1, 0.15) is 0 Å². The molecule has 1 aromatic rings. The Balaban J connectivity index is 0.000000720. The van der Waals surface area contributed by atoms with E-state index < -0.39 is 0 Å². The van der Waals surface area contributed by atoms with E-state index in [-0.39, 0.29) is 12.4 Å². The van der Waals surface area contributed by atoms with Crippen molar-refractivity contribution in [3.8, 4) is 0 Å². The van der Waals surface area contributed by atoms with E-state index in [4.69, 9.17) is 0 Å². The van der Waals surface area contributed by atoms with Gasteiger partial charge in [0.25, 0.3) is 0 Å². The molecule has 0 saturated carbocycles. The van der Waals surface area contributed by atoms with Gasteiger partial charge in [-0.25, -0.2) is 0 Å². The number of benzene rings is 1. The van der Waals surface area contributed by atoms with Crippen molar-refractivity contribution in [3.05, 3.63) is 34.9 Å². The smallest absolute Gasteiger partial charge is 0.0208 e. The van der Waals surface area contributed by atoms with E-state index >= 15 is 0 Å². The molecule has 0 saturated heterocycles. The molecular weight excluding hydrogens is 170 g/mol. The first-order valence-electron chi connectivity index (χ1n) is 4.16. The minimum Gasteiger partial charge on any atom is -0.312 e. The summed E-state index contributed by atoms with van der Waals surface area (Å²) in [5.41, 5.74) is 4.49. The molecule has 0 spiro atoms. The zero-order valence-electron chi connectivity index (χ0n) is 7.26. The fraction of sp³-hybridized carbons (Fsp3) is 0.400. The first-order chi connectivity index (χ1) is 5.38. The van der Waals surface area contributed by atoms with E-state index in [9.17, 15) is 0 Å². The highest BCUT2D eigenvalue weighted by atomic mass is 35.5. The summed E-state index contributed by atoms with van der Waals surface area (Å²) >= 11 is 0. The summed E-state index contributed by atoms with van der Waals surface area (Å²) in [6, 6.07) is 6.56. The number of fused-ring (bicyclic) bond motifs is 1. The van der Waals surface area contributed by atoms with Crippen LogP contribution in [0.3, 0.4) is 0 Å². The average molecular weight is 184 g/mol. The molecule has 0 atom stereocenters. The van der Waals surface area contributed by atoms with Gasteiger partial charge in [0.05, 0.1) is 0 Å². The second kappa shape index (κ2) is 3.92. The summed E-state index contributed by atoms with van der Waals surface area (Å²) in [6.07, 6.45) is 1.20. The second-order valence-corrected chi connectivity index (χ2v) is 3.14. The molecule has 0 bridgehead atoms. The molecule has 0 amide bonds. The summed E-state index contributed by atoms with van der Waals surface area (Å²) in [7, 11) is 0. The highest BCUT2D eigenvalue weighted by Gasteiger charge is 2.08. The Hall–Kier alpha value is -0.530. The van der Waals surface area contributed by atoms with Crippen LogP contribution in [0.15, 0.2) is 18.2 Å². The molecular formula is C10H14ClN.